The third-order valence-electron chi connectivity index (χ3n) is 5.35. The Morgan fingerprint density at radius 1 is 1.15 bits per heavy atom. The number of benzene rings is 2. The molecule has 0 bridgehead atoms. The van der Waals surface area contributed by atoms with Crippen LogP contribution in [0.15, 0.2) is 60.7 Å². The number of hydrogen-bond acceptors (Lipinski definition) is 2. The van der Waals surface area contributed by atoms with Crippen LogP contribution in [0.4, 0.5) is 0 Å². The lowest BCUT2D eigenvalue weighted by Crippen LogP contribution is -3.17. The fourth-order valence-corrected chi connectivity index (χ4v) is 3.52. The first kappa shape index (κ1) is 19.2. The van der Waals surface area contributed by atoms with E-state index in [1.54, 1.807) is 7.11 Å². The van der Waals surface area contributed by atoms with E-state index in [0.717, 1.165) is 31.7 Å². The van der Waals surface area contributed by atoms with Crippen molar-refractivity contribution in [3.05, 3.63) is 71.8 Å². The number of rotatable bonds is 7. The van der Waals surface area contributed by atoms with Crippen molar-refractivity contribution >= 4 is 11.5 Å². The van der Waals surface area contributed by atoms with Gasteiger partial charge in [-0.05, 0) is 48.3 Å². The first-order chi connectivity index (χ1) is 13.2. The Bertz CT molecular complexity index is 769. The molecule has 0 radical (unpaired) electrons. The van der Waals surface area contributed by atoms with Crippen LogP contribution >= 0.6 is 0 Å². The normalized spacial score (nSPS) is 17.7. The summed E-state index contributed by atoms with van der Waals surface area (Å²) in [6, 6.07) is 18.5. The molecule has 0 aromatic heterocycles. The van der Waals surface area contributed by atoms with E-state index in [2.05, 4.69) is 35.7 Å². The Kier molecular flexibility index (Phi) is 6.66. The standard InChI is InChI=1S/C23H28N2O2/c1-18(23(26)24-15-12-19-8-10-22(27-2)11-9-19)25-16-13-21(14-17-25)20-6-4-3-5-7-20/h3-11,13,18H,12,14-17H2,1-2H3,(H,24,26)/p+1/t18-/m1/s1. The van der Waals surface area contributed by atoms with Crippen LogP contribution in [0.2, 0.25) is 0 Å². The highest BCUT2D eigenvalue weighted by Gasteiger charge is 2.26. The zero-order valence-corrected chi connectivity index (χ0v) is 16.2. The SMILES string of the molecule is COc1ccc(CCNC(=O)[C@@H](C)[NH+]2CC=C(c3ccccc3)CC2)cc1. The van der Waals surface area contributed by atoms with Crippen molar-refractivity contribution in [1.82, 2.24) is 5.32 Å². The van der Waals surface area contributed by atoms with E-state index in [0.29, 0.717) is 6.54 Å². The van der Waals surface area contributed by atoms with Crippen LogP contribution in [0.1, 0.15) is 24.5 Å². The van der Waals surface area contributed by atoms with Crippen molar-refractivity contribution in [2.45, 2.75) is 25.8 Å². The highest BCUT2D eigenvalue weighted by atomic mass is 16.5. The maximum absolute atomic E-state index is 12.5. The summed E-state index contributed by atoms with van der Waals surface area (Å²) in [5.74, 6) is 0.989. The molecule has 1 unspecified atom stereocenters. The van der Waals surface area contributed by atoms with Crippen molar-refractivity contribution in [1.29, 1.82) is 0 Å². The van der Waals surface area contributed by atoms with Gasteiger partial charge in [0.25, 0.3) is 5.91 Å². The zero-order chi connectivity index (χ0) is 19.1. The van der Waals surface area contributed by atoms with Crippen LogP contribution in [0, 0.1) is 0 Å². The van der Waals surface area contributed by atoms with E-state index >= 15 is 0 Å². The van der Waals surface area contributed by atoms with Gasteiger partial charge in [-0.1, -0.05) is 42.5 Å². The molecule has 2 aromatic carbocycles. The van der Waals surface area contributed by atoms with Gasteiger partial charge in [0.15, 0.2) is 6.04 Å². The Balaban J connectivity index is 1.45. The predicted molar refractivity (Wildman–Crippen MR) is 109 cm³/mol. The number of carbonyl (C=O) groups excluding carboxylic acids is 1. The number of quaternary nitrogens is 1. The monoisotopic (exact) mass is 365 g/mol. The molecule has 0 aliphatic carbocycles. The topological polar surface area (TPSA) is 42.8 Å². The van der Waals surface area contributed by atoms with Gasteiger partial charge in [0, 0.05) is 13.0 Å². The van der Waals surface area contributed by atoms with Gasteiger partial charge in [-0.25, -0.2) is 0 Å². The molecular weight excluding hydrogens is 336 g/mol. The van der Waals surface area contributed by atoms with Crippen molar-refractivity contribution in [3.8, 4) is 5.75 Å². The highest BCUT2D eigenvalue weighted by Crippen LogP contribution is 2.17. The van der Waals surface area contributed by atoms with Crippen LogP contribution in [-0.4, -0.2) is 38.7 Å². The number of hydrogen-bond donors (Lipinski definition) is 2. The molecule has 2 aromatic rings. The second-order valence-electron chi connectivity index (χ2n) is 7.07. The first-order valence-corrected chi connectivity index (χ1v) is 9.67. The summed E-state index contributed by atoms with van der Waals surface area (Å²) in [4.78, 5) is 13.8. The summed E-state index contributed by atoms with van der Waals surface area (Å²) in [6.45, 7) is 4.58. The number of methoxy groups -OCH3 is 1. The first-order valence-electron chi connectivity index (χ1n) is 9.67. The van der Waals surface area contributed by atoms with E-state index in [9.17, 15) is 4.79 Å². The molecule has 0 fully saturated rings. The number of nitrogens with one attached hydrogen (secondary N) is 2. The van der Waals surface area contributed by atoms with Crippen molar-refractivity contribution in [2.75, 3.05) is 26.7 Å². The Morgan fingerprint density at radius 2 is 1.89 bits per heavy atom. The summed E-state index contributed by atoms with van der Waals surface area (Å²) < 4.78 is 5.17. The minimum Gasteiger partial charge on any atom is -0.497 e. The molecule has 0 saturated carbocycles. The molecule has 1 amide bonds. The van der Waals surface area contributed by atoms with Crippen LogP contribution in [0.3, 0.4) is 0 Å². The molecule has 2 atom stereocenters. The van der Waals surface area contributed by atoms with E-state index in [4.69, 9.17) is 4.74 Å². The molecule has 2 N–H and O–H groups in total. The van der Waals surface area contributed by atoms with Gasteiger partial charge in [-0.3, -0.25) is 4.79 Å². The van der Waals surface area contributed by atoms with E-state index in [1.807, 2.05) is 37.3 Å². The lowest BCUT2D eigenvalue weighted by molar-refractivity contribution is -0.909. The summed E-state index contributed by atoms with van der Waals surface area (Å²) >= 11 is 0. The Hall–Kier alpha value is -2.59. The second kappa shape index (κ2) is 9.38. The van der Waals surface area contributed by atoms with Crippen molar-refractivity contribution in [3.63, 3.8) is 0 Å². The maximum atomic E-state index is 12.5. The zero-order valence-electron chi connectivity index (χ0n) is 16.2. The van der Waals surface area contributed by atoms with Gasteiger partial charge >= 0.3 is 0 Å². The number of carbonyl (C=O) groups is 1. The molecule has 27 heavy (non-hydrogen) atoms. The molecule has 3 rings (SSSR count). The van der Waals surface area contributed by atoms with Crippen LogP contribution in [0.25, 0.3) is 5.57 Å². The summed E-state index contributed by atoms with van der Waals surface area (Å²) in [5.41, 5.74) is 3.89. The van der Waals surface area contributed by atoms with E-state index in [1.165, 1.54) is 21.6 Å². The molecule has 4 heteroatoms. The molecule has 1 aliphatic heterocycles. The molecule has 0 spiro atoms. The summed E-state index contributed by atoms with van der Waals surface area (Å²) in [6.07, 6.45) is 4.13. The highest BCUT2D eigenvalue weighted by molar-refractivity contribution is 5.80. The predicted octanol–water partition coefficient (Wildman–Crippen LogP) is 2.11. The molecular formula is C23H29N2O2+. The lowest BCUT2D eigenvalue weighted by Gasteiger charge is -2.28. The van der Waals surface area contributed by atoms with Gasteiger partial charge in [0.1, 0.15) is 5.75 Å². The fraction of sp³-hybridized carbons (Fsp3) is 0.348. The molecule has 142 valence electrons. The number of amides is 1. The number of ether oxygens (including phenoxy) is 1. The quantitative estimate of drug-likeness (QED) is 0.789. The lowest BCUT2D eigenvalue weighted by atomic mass is 9.99. The largest absolute Gasteiger partial charge is 0.497 e. The third-order valence-corrected chi connectivity index (χ3v) is 5.35. The summed E-state index contributed by atoms with van der Waals surface area (Å²) in [5, 5.41) is 3.09. The van der Waals surface area contributed by atoms with Crippen LogP contribution in [0.5, 0.6) is 5.75 Å². The average Bonchev–Trinajstić information content (AvgIpc) is 2.74. The molecule has 1 heterocycles. The van der Waals surface area contributed by atoms with Crippen LogP contribution in [-0.2, 0) is 11.2 Å². The Labute approximate surface area is 161 Å². The summed E-state index contributed by atoms with van der Waals surface area (Å²) in [7, 11) is 1.66. The van der Waals surface area contributed by atoms with E-state index < -0.39 is 0 Å². The van der Waals surface area contributed by atoms with Gasteiger partial charge in [-0.15, -0.1) is 0 Å². The second-order valence-corrected chi connectivity index (χ2v) is 7.07. The van der Waals surface area contributed by atoms with Crippen LogP contribution < -0.4 is 15.0 Å². The van der Waals surface area contributed by atoms with Crippen molar-refractivity contribution < 1.29 is 14.4 Å². The van der Waals surface area contributed by atoms with Gasteiger partial charge < -0.3 is 15.0 Å². The Morgan fingerprint density at radius 3 is 2.52 bits per heavy atom. The van der Waals surface area contributed by atoms with Crippen molar-refractivity contribution in [2.24, 2.45) is 0 Å². The van der Waals surface area contributed by atoms with Gasteiger partial charge in [-0.2, -0.15) is 0 Å². The van der Waals surface area contributed by atoms with E-state index in [-0.39, 0.29) is 11.9 Å². The maximum Gasteiger partial charge on any atom is 0.278 e. The van der Waals surface area contributed by atoms with Gasteiger partial charge in [0.05, 0.1) is 20.2 Å². The molecule has 1 aliphatic rings. The molecule has 0 saturated heterocycles. The molecule has 4 nitrogen and oxygen atoms in total. The third kappa shape index (κ3) is 5.20. The minimum atomic E-state index is -0.0329. The smallest absolute Gasteiger partial charge is 0.278 e. The average molecular weight is 365 g/mol. The van der Waals surface area contributed by atoms with Gasteiger partial charge in [0.2, 0.25) is 0 Å². The minimum absolute atomic E-state index is 0.0329. The fourth-order valence-electron chi connectivity index (χ4n) is 3.52.